The summed E-state index contributed by atoms with van der Waals surface area (Å²) in [6.45, 7) is 0.0931. The normalized spacial score (nSPS) is 14.3. The Hall–Kier alpha value is -5.17. The number of amides is 1. The van der Waals surface area contributed by atoms with E-state index >= 15 is 0 Å². The van der Waals surface area contributed by atoms with Gasteiger partial charge in [0.05, 0.1) is 12.5 Å². The second-order valence-electron chi connectivity index (χ2n) is 11.9. The van der Waals surface area contributed by atoms with Crippen LogP contribution in [0, 0.1) is 0 Å². The maximum Gasteiger partial charge on any atom is 0.444 e. The molecule has 0 saturated carbocycles. The van der Waals surface area contributed by atoms with Crippen molar-refractivity contribution in [2.45, 2.75) is 37.8 Å². The number of carbonyl (C=O) groups excluding carboxylic acids is 2. The largest absolute Gasteiger partial charge is 0.457 e. The van der Waals surface area contributed by atoms with Gasteiger partial charge in [0, 0.05) is 6.54 Å². The Morgan fingerprint density at radius 2 is 1.29 bits per heavy atom. The van der Waals surface area contributed by atoms with Gasteiger partial charge in [-0.05, 0) is 71.3 Å². The summed E-state index contributed by atoms with van der Waals surface area (Å²) in [5.74, 6) is 0.0334. The second-order valence-corrected chi connectivity index (χ2v) is 13.8. The summed E-state index contributed by atoms with van der Waals surface area (Å²) in [7, 11) is -3.86. The lowest BCUT2D eigenvalue weighted by atomic mass is 10.0. The van der Waals surface area contributed by atoms with Gasteiger partial charge in [-0.2, -0.15) is 0 Å². The summed E-state index contributed by atoms with van der Waals surface area (Å²) < 4.78 is 31.8. The van der Waals surface area contributed by atoms with Crippen LogP contribution in [0.15, 0.2) is 140 Å². The molecule has 1 aliphatic carbocycles. The lowest BCUT2D eigenvalue weighted by Gasteiger charge is -2.24. The number of rotatable bonds is 15. The third-order valence-corrected chi connectivity index (χ3v) is 9.85. The molecule has 1 amide bonds. The average Bonchev–Trinajstić information content (AvgIpc) is 3.54. The van der Waals surface area contributed by atoms with Crippen LogP contribution in [0.5, 0.6) is 11.5 Å². The Kier molecular flexibility index (Phi) is 11.2. The van der Waals surface area contributed by atoms with E-state index in [9.17, 15) is 14.2 Å². The predicted octanol–water partition coefficient (Wildman–Crippen LogP) is 7.90. The number of hydrogen-bond acceptors (Lipinski definition) is 7. The average molecular weight is 675 g/mol. The van der Waals surface area contributed by atoms with Crippen molar-refractivity contribution in [3.8, 4) is 22.6 Å². The molecular formula is C40H39N2O6P. The molecule has 0 aromatic heterocycles. The van der Waals surface area contributed by atoms with Gasteiger partial charge in [-0.25, -0.2) is 4.57 Å². The number of hydrogen-bond donors (Lipinski definition) is 2. The van der Waals surface area contributed by atoms with Gasteiger partial charge in [0.2, 0.25) is 5.91 Å². The molecule has 0 bridgehead atoms. The van der Waals surface area contributed by atoms with Crippen LogP contribution in [0.3, 0.4) is 0 Å². The van der Waals surface area contributed by atoms with Crippen LogP contribution >= 0.6 is 7.60 Å². The molecule has 5 aromatic rings. The first kappa shape index (κ1) is 33.7. The minimum absolute atomic E-state index is 0.0234. The van der Waals surface area contributed by atoms with E-state index in [4.69, 9.17) is 13.8 Å². The van der Waals surface area contributed by atoms with Crippen molar-refractivity contribution < 1.29 is 27.9 Å². The van der Waals surface area contributed by atoms with Crippen LogP contribution in [0.2, 0.25) is 0 Å². The molecular weight excluding hydrogens is 635 g/mol. The van der Waals surface area contributed by atoms with Crippen molar-refractivity contribution in [3.05, 3.63) is 156 Å². The monoisotopic (exact) mass is 674 g/mol. The summed E-state index contributed by atoms with van der Waals surface area (Å²) in [5.41, 5.74) is 5.28. The first-order valence-electron chi connectivity index (χ1n) is 16.5. The summed E-state index contributed by atoms with van der Waals surface area (Å²) >= 11 is 0. The Morgan fingerprint density at radius 1 is 0.714 bits per heavy atom. The van der Waals surface area contributed by atoms with Crippen molar-refractivity contribution in [2.75, 3.05) is 12.8 Å². The molecule has 0 heterocycles. The topological polar surface area (TPSA) is 103 Å². The Bertz CT molecular complexity index is 1820. The smallest absolute Gasteiger partial charge is 0.444 e. The number of fused-ring (bicyclic) bond motifs is 1. The fraction of sp³-hybridized carbons (Fsp3) is 0.200. The van der Waals surface area contributed by atoms with Crippen molar-refractivity contribution in [3.63, 3.8) is 0 Å². The zero-order valence-electron chi connectivity index (χ0n) is 27.1. The molecule has 2 N–H and O–H groups in total. The highest BCUT2D eigenvalue weighted by atomic mass is 31.2. The molecule has 8 nitrogen and oxygen atoms in total. The number of esters is 1. The van der Waals surface area contributed by atoms with Crippen molar-refractivity contribution in [2.24, 2.45) is 0 Å². The highest BCUT2D eigenvalue weighted by Crippen LogP contribution is 2.47. The first-order chi connectivity index (χ1) is 23.9. The van der Waals surface area contributed by atoms with E-state index in [0.717, 1.165) is 35.1 Å². The fourth-order valence-corrected chi connectivity index (χ4v) is 7.31. The molecule has 9 heteroatoms. The van der Waals surface area contributed by atoms with Gasteiger partial charge in [0.1, 0.15) is 23.9 Å². The third kappa shape index (κ3) is 9.47. The van der Waals surface area contributed by atoms with Crippen LogP contribution < -0.4 is 19.7 Å². The van der Waals surface area contributed by atoms with Crippen LogP contribution in [0.25, 0.3) is 11.1 Å². The molecule has 1 aliphatic rings. The Morgan fingerprint density at radius 3 is 1.94 bits per heavy atom. The molecule has 1 unspecified atom stereocenters. The predicted molar refractivity (Wildman–Crippen MR) is 190 cm³/mol. The minimum Gasteiger partial charge on any atom is -0.457 e. The van der Waals surface area contributed by atoms with Gasteiger partial charge in [-0.1, -0.05) is 115 Å². The minimum atomic E-state index is -3.86. The molecule has 0 aliphatic heterocycles. The number of aryl methyl sites for hydroxylation is 1. The summed E-state index contributed by atoms with van der Waals surface area (Å²) in [6, 6.07) is 42.8. The highest BCUT2D eigenvalue weighted by Gasteiger charge is 2.32. The molecule has 0 saturated heterocycles. The van der Waals surface area contributed by atoms with Gasteiger partial charge < -0.3 is 19.1 Å². The fourth-order valence-electron chi connectivity index (χ4n) is 5.82. The van der Waals surface area contributed by atoms with E-state index < -0.39 is 13.6 Å². The number of carbonyl (C=O) groups is 2. The van der Waals surface area contributed by atoms with Gasteiger partial charge >= 0.3 is 13.6 Å². The standard InChI is InChI=1S/C40H39N2O6P/c43-39(46-38-25-24-33-14-10-11-19-36(33)38)26-27-41-40(44)37(28-30-20-22-32(23-21-30)31-12-4-1-5-13-31)42-29-49(45,47-34-15-6-2-7-16-34)48-35-17-8-3-9-18-35/h1-23,37-38,42H,24-29H2,(H,41,44)/t37-,38?/m0/s1. The SMILES string of the molecule is O=C(CCNC(=O)[C@H](Cc1ccc(-c2ccccc2)cc1)NCP(=O)(Oc1ccccc1)Oc1ccccc1)OC1CCc2ccccc21. The molecule has 0 radical (unpaired) electrons. The van der Waals surface area contributed by atoms with Gasteiger partial charge in [0.15, 0.2) is 0 Å². The van der Waals surface area contributed by atoms with Crippen molar-refractivity contribution in [1.82, 2.24) is 10.6 Å². The van der Waals surface area contributed by atoms with E-state index in [1.165, 1.54) is 5.56 Å². The summed E-state index contributed by atoms with van der Waals surface area (Å²) in [5, 5.41) is 6.04. The molecule has 6 rings (SSSR count). The van der Waals surface area contributed by atoms with E-state index in [1.807, 2.05) is 84.9 Å². The maximum atomic E-state index is 14.2. The molecule has 5 aromatic carbocycles. The zero-order valence-corrected chi connectivity index (χ0v) is 28.0. The van der Waals surface area contributed by atoms with Crippen LogP contribution in [0.1, 0.15) is 35.6 Å². The Labute approximate surface area is 287 Å². The summed E-state index contributed by atoms with van der Waals surface area (Å²) in [4.78, 5) is 26.4. The van der Waals surface area contributed by atoms with Crippen LogP contribution in [-0.2, 0) is 31.7 Å². The van der Waals surface area contributed by atoms with Gasteiger partial charge in [-0.15, -0.1) is 0 Å². The number of nitrogens with one attached hydrogen (secondary N) is 2. The number of ether oxygens (including phenoxy) is 1. The lowest BCUT2D eigenvalue weighted by molar-refractivity contribution is -0.149. The summed E-state index contributed by atoms with van der Waals surface area (Å²) in [6.07, 6.45) is 1.42. The van der Waals surface area contributed by atoms with Gasteiger partial charge in [0.25, 0.3) is 0 Å². The first-order valence-corrected chi connectivity index (χ1v) is 18.2. The van der Waals surface area contributed by atoms with E-state index in [0.29, 0.717) is 17.9 Å². The van der Waals surface area contributed by atoms with Gasteiger partial charge in [-0.3, -0.25) is 14.9 Å². The molecule has 0 spiro atoms. The Balaban J connectivity index is 1.14. The molecule has 2 atom stereocenters. The van der Waals surface area contributed by atoms with Crippen LogP contribution in [0.4, 0.5) is 0 Å². The van der Waals surface area contributed by atoms with Crippen molar-refractivity contribution >= 4 is 19.5 Å². The lowest BCUT2D eigenvalue weighted by Crippen LogP contribution is -2.46. The number of benzene rings is 5. The van der Waals surface area contributed by atoms with E-state index in [1.54, 1.807) is 48.5 Å². The van der Waals surface area contributed by atoms with E-state index in [2.05, 4.69) is 16.7 Å². The van der Waals surface area contributed by atoms with Crippen LogP contribution in [-0.4, -0.2) is 30.7 Å². The molecule has 49 heavy (non-hydrogen) atoms. The number of para-hydroxylation sites is 2. The van der Waals surface area contributed by atoms with Crippen molar-refractivity contribution in [1.29, 1.82) is 0 Å². The van der Waals surface area contributed by atoms with E-state index in [-0.39, 0.29) is 37.2 Å². The highest BCUT2D eigenvalue weighted by molar-refractivity contribution is 7.54. The zero-order chi connectivity index (χ0) is 33.9. The third-order valence-electron chi connectivity index (χ3n) is 8.30. The second kappa shape index (κ2) is 16.3. The maximum absolute atomic E-state index is 14.2. The quantitative estimate of drug-likeness (QED) is 0.0860. The molecule has 0 fully saturated rings. The molecule has 250 valence electrons.